The van der Waals surface area contributed by atoms with Gasteiger partial charge in [0.1, 0.15) is 0 Å². The molecule has 0 N–H and O–H groups in total. The zero-order valence-electron chi connectivity index (χ0n) is 4.13. The van der Waals surface area contributed by atoms with Crippen LogP contribution in [0.1, 0.15) is 0 Å². The van der Waals surface area contributed by atoms with Gasteiger partial charge in [0.25, 0.3) is 11.8 Å². The average Bonchev–Trinajstić information content (AvgIpc) is 2.15. The number of hydrogen-bond acceptors (Lipinski definition) is 4. The number of ether oxygens (including phenoxy) is 2. The Morgan fingerprint density at radius 2 is 1.50 bits per heavy atom. The van der Waals surface area contributed by atoms with Crippen LogP contribution in [0.4, 0.5) is 0 Å². The summed E-state index contributed by atoms with van der Waals surface area (Å²) in [7, 11) is 0. The summed E-state index contributed by atoms with van der Waals surface area (Å²) < 4.78 is 9.80. The highest BCUT2D eigenvalue weighted by atomic mass is 16.6. The first-order chi connectivity index (χ1) is 3.97. The normalized spacial score (nSPS) is 23.0. The van der Waals surface area contributed by atoms with Gasteiger partial charge in [0.2, 0.25) is 0 Å². The van der Waals surface area contributed by atoms with Crippen LogP contribution in [0.3, 0.4) is 0 Å². The fraction of sp³-hybridized carbons (Fsp3) is 0.500. The maximum atomic E-state index is 4.90. The van der Waals surface area contributed by atoms with Gasteiger partial charge in [0.05, 0.1) is 0 Å². The summed E-state index contributed by atoms with van der Waals surface area (Å²) in [5.41, 5.74) is 0. The Hall–Kier alpha value is -1.06. The molecule has 0 saturated heterocycles. The second-order valence-corrected chi connectivity index (χ2v) is 1.47. The van der Waals surface area contributed by atoms with E-state index in [0.29, 0.717) is 25.3 Å². The number of nitrogens with zero attached hydrogens (tertiary/aromatic N) is 2. The maximum absolute atomic E-state index is 4.90. The van der Waals surface area contributed by atoms with Crippen LogP contribution < -0.4 is 0 Å². The summed E-state index contributed by atoms with van der Waals surface area (Å²) in [5, 5.41) is 0. The average molecular weight is 112 g/mol. The van der Waals surface area contributed by atoms with Crippen molar-refractivity contribution in [2.75, 3.05) is 13.5 Å². The number of fused-ring (bicyclic) bond motifs is 1. The molecule has 8 heavy (non-hydrogen) atoms. The van der Waals surface area contributed by atoms with Crippen LogP contribution in [0.25, 0.3) is 0 Å². The van der Waals surface area contributed by atoms with Crippen molar-refractivity contribution >= 4 is 11.8 Å². The molecule has 0 saturated carbocycles. The summed E-state index contributed by atoms with van der Waals surface area (Å²) in [6.45, 7) is 0.738. The molecule has 0 radical (unpaired) electrons. The van der Waals surface area contributed by atoms with Crippen molar-refractivity contribution in [3.63, 3.8) is 0 Å². The molecule has 4 nitrogen and oxygen atoms in total. The lowest BCUT2D eigenvalue weighted by Crippen LogP contribution is -2.05. The van der Waals surface area contributed by atoms with Crippen molar-refractivity contribution in [3.05, 3.63) is 0 Å². The van der Waals surface area contributed by atoms with Gasteiger partial charge in [-0.1, -0.05) is 0 Å². The van der Waals surface area contributed by atoms with Crippen LogP contribution in [0.2, 0.25) is 0 Å². The molecule has 2 aliphatic rings. The van der Waals surface area contributed by atoms with Crippen LogP contribution in [-0.2, 0) is 9.47 Å². The molecule has 0 aliphatic carbocycles. The van der Waals surface area contributed by atoms with Gasteiger partial charge in [0.15, 0.2) is 13.5 Å². The Bertz CT molecular complexity index is 153. The molecule has 0 fully saturated rings. The van der Waals surface area contributed by atoms with E-state index in [2.05, 4.69) is 9.98 Å². The zero-order valence-corrected chi connectivity index (χ0v) is 4.13. The molecule has 0 aromatic rings. The topological polar surface area (TPSA) is 43.2 Å². The van der Waals surface area contributed by atoms with Crippen molar-refractivity contribution in [3.8, 4) is 0 Å². The number of hydrogen-bond donors (Lipinski definition) is 0. The van der Waals surface area contributed by atoms with Gasteiger partial charge >= 0.3 is 0 Å². The van der Waals surface area contributed by atoms with Crippen molar-refractivity contribution in [1.82, 2.24) is 0 Å². The summed E-state index contributed by atoms with van der Waals surface area (Å²) in [5.74, 6) is 1.12. The van der Waals surface area contributed by atoms with Gasteiger partial charge in [-0.15, -0.1) is 0 Å². The van der Waals surface area contributed by atoms with E-state index >= 15 is 0 Å². The lowest BCUT2D eigenvalue weighted by molar-refractivity contribution is 0.321. The van der Waals surface area contributed by atoms with E-state index in [1.54, 1.807) is 0 Å². The zero-order chi connectivity index (χ0) is 5.40. The smallest absolute Gasteiger partial charge is 0.278 e. The van der Waals surface area contributed by atoms with Crippen LogP contribution in [0, 0.1) is 0 Å². The highest BCUT2D eigenvalue weighted by Gasteiger charge is 2.22. The highest BCUT2D eigenvalue weighted by molar-refractivity contribution is 6.37. The molecule has 2 heterocycles. The first kappa shape index (κ1) is 3.88. The standard InChI is InChI=1S/C4H4N2O2/c1-5-3-4(7-1)6-2-8-3/h1-2H2. The van der Waals surface area contributed by atoms with Crippen LogP contribution in [0.5, 0.6) is 0 Å². The monoisotopic (exact) mass is 112 g/mol. The van der Waals surface area contributed by atoms with E-state index in [1.807, 2.05) is 0 Å². The number of rotatable bonds is 0. The van der Waals surface area contributed by atoms with Crippen molar-refractivity contribution in [2.45, 2.75) is 0 Å². The summed E-state index contributed by atoms with van der Waals surface area (Å²) >= 11 is 0. The summed E-state index contributed by atoms with van der Waals surface area (Å²) in [6, 6.07) is 0. The molecular weight excluding hydrogens is 108 g/mol. The third-order valence-corrected chi connectivity index (χ3v) is 1.00. The Morgan fingerprint density at radius 1 is 1.00 bits per heavy atom. The van der Waals surface area contributed by atoms with Gasteiger partial charge < -0.3 is 9.47 Å². The van der Waals surface area contributed by atoms with Gasteiger partial charge in [-0.2, -0.15) is 0 Å². The minimum Gasteiger partial charge on any atom is -0.451 e. The quantitative estimate of drug-likeness (QED) is 0.434. The van der Waals surface area contributed by atoms with Crippen molar-refractivity contribution in [2.24, 2.45) is 9.98 Å². The van der Waals surface area contributed by atoms with Gasteiger partial charge in [-0.25, -0.2) is 9.98 Å². The first-order valence-corrected chi connectivity index (χ1v) is 2.32. The Kier molecular flexibility index (Phi) is 0.588. The molecule has 0 amide bonds. The molecule has 0 aromatic carbocycles. The minimum atomic E-state index is 0.369. The lowest BCUT2D eigenvalue weighted by atomic mass is 10.7. The second-order valence-electron chi connectivity index (χ2n) is 1.47. The summed E-state index contributed by atoms with van der Waals surface area (Å²) in [6.07, 6.45) is 0. The fourth-order valence-corrected chi connectivity index (χ4v) is 0.654. The van der Waals surface area contributed by atoms with Crippen LogP contribution in [-0.4, -0.2) is 25.3 Å². The Balaban J connectivity index is 2.37. The third kappa shape index (κ3) is 0.344. The Labute approximate surface area is 45.8 Å². The second kappa shape index (κ2) is 1.21. The van der Waals surface area contributed by atoms with E-state index in [4.69, 9.17) is 9.47 Å². The first-order valence-electron chi connectivity index (χ1n) is 2.32. The van der Waals surface area contributed by atoms with E-state index in [1.165, 1.54) is 0 Å². The molecule has 4 heteroatoms. The highest BCUT2D eigenvalue weighted by Crippen LogP contribution is 2.05. The SMILES string of the molecule is C1N=C2OCN=C2O1. The van der Waals surface area contributed by atoms with Crippen molar-refractivity contribution in [1.29, 1.82) is 0 Å². The van der Waals surface area contributed by atoms with E-state index < -0.39 is 0 Å². The molecule has 0 atom stereocenters. The largest absolute Gasteiger partial charge is 0.451 e. The van der Waals surface area contributed by atoms with Gasteiger partial charge in [0, 0.05) is 0 Å². The molecule has 2 aliphatic heterocycles. The van der Waals surface area contributed by atoms with E-state index in [9.17, 15) is 0 Å². The molecule has 0 unspecified atom stereocenters. The fourth-order valence-electron chi connectivity index (χ4n) is 0.654. The molecule has 0 spiro atoms. The molecule has 0 bridgehead atoms. The predicted octanol–water partition coefficient (Wildman–Crippen LogP) is -0.241. The molecule has 2 rings (SSSR count). The molecule has 0 aromatic heterocycles. The van der Waals surface area contributed by atoms with Gasteiger partial charge in [-0.05, 0) is 0 Å². The number of aliphatic imine (C=N–C) groups is 2. The third-order valence-electron chi connectivity index (χ3n) is 1.00. The Morgan fingerprint density at radius 3 is 2.00 bits per heavy atom. The van der Waals surface area contributed by atoms with Gasteiger partial charge in [-0.3, -0.25) is 0 Å². The van der Waals surface area contributed by atoms with E-state index in [-0.39, 0.29) is 0 Å². The van der Waals surface area contributed by atoms with Crippen LogP contribution >= 0.6 is 0 Å². The minimum absolute atomic E-state index is 0.369. The summed E-state index contributed by atoms with van der Waals surface area (Å²) in [4.78, 5) is 7.68. The predicted molar refractivity (Wildman–Crippen MR) is 26.8 cm³/mol. The molecule has 42 valence electrons. The molecular formula is C4H4N2O2. The van der Waals surface area contributed by atoms with Crippen LogP contribution in [0.15, 0.2) is 9.98 Å². The maximum Gasteiger partial charge on any atom is 0.278 e. The van der Waals surface area contributed by atoms with E-state index in [0.717, 1.165) is 0 Å². The van der Waals surface area contributed by atoms with Crippen molar-refractivity contribution < 1.29 is 9.47 Å². The lowest BCUT2D eigenvalue weighted by Gasteiger charge is -1.85.